The summed E-state index contributed by atoms with van der Waals surface area (Å²) in [7, 11) is 0. The molecule has 1 rings (SSSR count). The fraction of sp³-hybridized carbons (Fsp3) is 0.909. The molecule has 0 aromatic rings. The number of amides is 1. The van der Waals surface area contributed by atoms with Crippen molar-refractivity contribution in [1.29, 1.82) is 0 Å². The lowest BCUT2D eigenvalue weighted by atomic mass is 9.98. The fourth-order valence-corrected chi connectivity index (χ4v) is 2.07. The van der Waals surface area contributed by atoms with Crippen molar-refractivity contribution < 1.29 is 18.0 Å². The normalized spacial score (nSPS) is 20.1. The maximum absolute atomic E-state index is 12.2. The second-order valence-corrected chi connectivity index (χ2v) is 5.30. The van der Waals surface area contributed by atoms with E-state index in [0.29, 0.717) is 25.9 Å². The summed E-state index contributed by atoms with van der Waals surface area (Å²) in [5.74, 6) is -0.458. The molecule has 0 aromatic carbocycles. The first-order valence-electron chi connectivity index (χ1n) is 5.97. The van der Waals surface area contributed by atoms with Gasteiger partial charge >= 0.3 is 6.18 Å². The van der Waals surface area contributed by atoms with Gasteiger partial charge in [-0.25, -0.2) is 0 Å². The lowest BCUT2D eigenvalue weighted by Crippen LogP contribution is -2.57. The van der Waals surface area contributed by atoms with Gasteiger partial charge in [-0.1, -0.05) is 0 Å². The van der Waals surface area contributed by atoms with E-state index < -0.39 is 24.2 Å². The van der Waals surface area contributed by atoms with Gasteiger partial charge in [0.15, 0.2) is 0 Å². The van der Waals surface area contributed by atoms with Crippen molar-refractivity contribution in [2.24, 2.45) is 5.73 Å². The number of nitrogens with two attached hydrogens (primary N) is 1. The van der Waals surface area contributed by atoms with E-state index in [1.807, 2.05) is 0 Å². The standard InChI is InChI=1S/C11H20F3N3O/c1-10(2,9(15)18)16-8-3-5-17(6-4-8)7-11(12,13)14/h8,16H,3-7H2,1-2H3,(H2,15,18). The topological polar surface area (TPSA) is 58.4 Å². The molecule has 0 saturated carbocycles. The van der Waals surface area contributed by atoms with E-state index in [-0.39, 0.29) is 6.04 Å². The van der Waals surface area contributed by atoms with Gasteiger partial charge in [0.05, 0.1) is 12.1 Å². The van der Waals surface area contributed by atoms with Crippen LogP contribution in [0.5, 0.6) is 0 Å². The lowest BCUT2D eigenvalue weighted by molar-refractivity contribution is -0.148. The van der Waals surface area contributed by atoms with Gasteiger partial charge in [-0.2, -0.15) is 13.2 Å². The van der Waals surface area contributed by atoms with Crippen molar-refractivity contribution in [2.45, 2.75) is 44.4 Å². The number of likely N-dealkylation sites (tertiary alicyclic amines) is 1. The molecular formula is C11H20F3N3O. The first kappa shape index (κ1) is 15.2. The van der Waals surface area contributed by atoms with E-state index in [9.17, 15) is 18.0 Å². The highest BCUT2D eigenvalue weighted by atomic mass is 19.4. The summed E-state index contributed by atoms with van der Waals surface area (Å²) >= 11 is 0. The maximum atomic E-state index is 12.2. The van der Waals surface area contributed by atoms with Crippen LogP contribution in [0.25, 0.3) is 0 Å². The van der Waals surface area contributed by atoms with E-state index in [1.165, 1.54) is 4.90 Å². The van der Waals surface area contributed by atoms with Crippen molar-refractivity contribution in [2.75, 3.05) is 19.6 Å². The Balaban J connectivity index is 2.38. The third-order valence-corrected chi connectivity index (χ3v) is 3.17. The maximum Gasteiger partial charge on any atom is 0.401 e. The predicted molar refractivity (Wildman–Crippen MR) is 61.9 cm³/mol. The smallest absolute Gasteiger partial charge is 0.368 e. The van der Waals surface area contributed by atoms with Crippen LogP contribution < -0.4 is 11.1 Å². The van der Waals surface area contributed by atoms with Crippen LogP contribution in [0, 0.1) is 0 Å². The first-order chi connectivity index (χ1) is 8.10. The summed E-state index contributed by atoms with van der Waals surface area (Å²) in [4.78, 5) is 12.5. The van der Waals surface area contributed by atoms with Crippen LogP contribution in [-0.4, -0.2) is 48.2 Å². The molecule has 18 heavy (non-hydrogen) atoms. The van der Waals surface area contributed by atoms with Gasteiger partial charge < -0.3 is 11.1 Å². The van der Waals surface area contributed by atoms with Gasteiger partial charge in [-0.3, -0.25) is 9.69 Å². The van der Waals surface area contributed by atoms with Crippen molar-refractivity contribution >= 4 is 5.91 Å². The molecule has 1 fully saturated rings. The Labute approximate surface area is 105 Å². The van der Waals surface area contributed by atoms with Crippen LogP contribution in [0.1, 0.15) is 26.7 Å². The van der Waals surface area contributed by atoms with E-state index in [4.69, 9.17) is 5.73 Å². The summed E-state index contributed by atoms with van der Waals surface area (Å²) < 4.78 is 36.6. The number of carbonyl (C=O) groups excluding carboxylic acids is 1. The number of piperidine rings is 1. The second kappa shape index (κ2) is 5.44. The Morgan fingerprint density at radius 2 is 1.83 bits per heavy atom. The average Bonchev–Trinajstić information content (AvgIpc) is 2.18. The van der Waals surface area contributed by atoms with Crippen LogP contribution >= 0.6 is 0 Å². The third-order valence-electron chi connectivity index (χ3n) is 3.17. The first-order valence-corrected chi connectivity index (χ1v) is 5.97. The number of hydrogen-bond acceptors (Lipinski definition) is 3. The molecule has 0 spiro atoms. The largest absolute Gasteiger partial charge is 0.401 e. The number of hydrogen-bond donors (Lipinski definition) is 2. The summed E-state index contributed by atoms with van der Waals surface area (Å²) in [6.45, 7) is 3.26. The molecule has 1 amide bonds. The Morgan fingerprint density at radius 1 is 1.33 bits per heavy atom. The van der Waals surface area contributed by atoms with E-state index >= 15 is 0 Å². The van der Waals surface area contributed by atoms with Crippen LogP contribution in [0.15, 0.2) is 0 Å². The number of rotatable bonds is 4. The summed E-state index contributed by atoms with van der Waals surface area (Å²) in [6, 6.07) is 0.0389. The molecule has 1 aliphatic rings. The number of halogens is 3. The predicted octanol–water partition coefficient (Wildman–Crippen LogP) is 0.867. The Morgan fingerprint density at radius 3 is 2.22 bits per heavy atom. The number of carbonyl (C=O) groups is 1. The van der Waals surface area contributed by atoms with E-state index in [2.05, 4.69) is 5.32 Å². The quantitative estimate of drug-likeness (QED) is 0.794. The van der Waals surface area contributed by atoms with Crippen molar-refractivity contribution in [3.05, 3.63) is 0 Å². The molecule has 0 aliphatic carbocycles. The molecule has 0 bridgehead atoms. The molecule has 0 radical (unpaired) electrons. The molecule has 3 N–H and O–H groups in total. The van der Waals surface area contributed by atoms with Crippen LogP contribution in [0.4, 0.5) is 13.2 Å². The third kappa shape index (κ3) is 4.81. The van der Waals surface area contributed by atoms with Gasteiger partial charge in [0, 0.05) is 6.04 Å². The van der Waals surface area contributed by atoms with E-state index in [0.717, 1.165) is 0 Å². The highest BCUT2D eigenvalue weighted by Crippen LogP contribution is 2.20. The highest BCUT2D eigenvalue weighted by Gasteiger charge is 2.34. The Bertz CT molecular complexity index is 296. The minimum absolute atomic E-state index is 0.0389. The zero-order valence-electron chi connectivity index (χ0n) is 10.7. The summed E-state index contributed by atoms with van der Waals surface area (Å²) in [6.07, 6.45) is -2.97. The minimum Gasteiger partial charge on any atom is -0.368 e. The van der Waals surface area contributed by atoms with Crippen molar-refractivity contribution in [1.82, 2.24) is 10.2 Å². The SMILES string of the molecule is CC(C)(NC1CCN(CC(F)(F)F)CC1)C(N)=O. The molecule has 7 heteroatoms. The molecule has 1 saturated heterocycles. The Hall–Kier alpha value is -0.820. The van der Waals surface area contributed by atoms with Crippen molar-refractivity contribution in [3.63, 3.8) is 0 Å². The molecule has 106 valence electrons. The zero-order chi connectivity index (χ0) is 14.0. The van der Waals surface area contributed by atoms with Crippen LogP contribution in [0.2, 0.25) is 0 Å². The second-order valence-electron chi connectivity index (χ2n) is 5.30. The van der Waals surface area contributed by atoms with Crippen LogP contribution in [0.3, 0.4) is 0 Å². The molecule has 1 aliphatic heterocycles. The van der Waals surface area contributed by atoms with Crippen molar-refractivity contribution in [3.8, 4) is 0 Å². The minimum atomic E-state index is -4.15. The number of nitrogens with one attached hydrogen (secondary N) is 1. The molecule has 1 heterocycles. The van der Waals surface area contributed by atoms with Gasteiger partial charge in [-0.15, -0.1) is 0 Å². The average molecular weight is 267 g/mol. The van der Waals surface area contributed by atoms with Gasteiger partial charge in [0.25, 0.3) is 0 Å². The van der Waals surface area contributed by atoms with Crippen LogP contribution in [-0.2, 0) is 4.79 Å². The molecule has 0 atom stereocenters. The molecule has 0 unspecified atom stereocenters. The summed E-state index contributed by atoms with van der Waals surface area (Å²) in [5.41, 5.74) is 4.41. The summed E-state index contributed by atoms with van der Waals surface area (Å²) in [5, 5.41) is 3.10. The molecule has 0 aromatic heterocycles. The zero-order valence-corrected chi connectivity index (χ0v) is 10.7. The van der Waals surface area contributed by atoms with E-state index in [1.54, 1.807) is 13.8 Å². The number of nitrogens with zero attached hydrogens (tertiary/aromatic N) is 1. The molecular weight excluding hydrogens is 247 g/mol. The fourth-order valence-electron chi connectivity index (χ4n) is 2.07. The van der Waals surface area contributed by atoms with Gasteiger partial charge in [0.2, 0.25) is 5.91 Å². The number of primary amides is 1. The Kier molecular flexibility index (Phi) is 4.61. The van der Waals surface area contributed by atoms with Gasteiger partial charge in [0.1, 0.15) is 0 Å². The van der Waals surface area contributed by atoms with Gasteiger partial charge in [-0.05, 0) is 39.8 Å². The molecule has 4 nitrogen and oxygen atoms in total. The number of alkyl halides is 3. The highest BCUT2D eigenvalue weighted by molar-refractivity contribution is 5.83. The monoisotopic (exact) mass is 267 g/mol. The lowest BCUT2D eigenvalue weighted by Gasteiger charge is -2.36.